The Morgan fingerprint density at radius 2 is 1.22 bits per heavy atom. The van der Waals surface area contributed by atoms with Gasteiger partial charge in [0, 0.05) is 30.5 Å². The van der Waals surface area contributed by atoms with Gasteiger partial charge in [0.25, 0.3) is 0 Å². The van der Waals surface area contributed by atoms with Crippen LogP contribution in [-0.4, -0.2) is 52.5 Å². The van der Waals surface area contributed by atoms with Crippen LogP contribution >= 0.6 is 11.3 Å². The quantitative estimate of drug-likeness (QED) is 0.114. The van der Waals surface area contributed by atoms with Gasteiger partial charge in [0.05, 0.1) is 23.0 Å². The number of carboxylic acid groups (broad SMARTS) is 2. The van der Waals surface area contributed by atoms with Crippen molar-refractivity contribution in [2.75, 3.05) is 11.9 Å². The number of carboxylic acids is 2. The zero-order valence-corrected chi connectivity index (χ0v) is 31.0. The molecule has 2 unspecified atom stereocenters. The Bertz CT molecular complexity index is 2100. The molecule has 3 atom stereocenters. The van der Waals surface area contributed by atoms with E-state index in [2.05, 4.69) is 28.1 Å². The van der Waals surface area contributed by atoms with Gasteiger partial charge in [-0.1, -0.05) is 48.5 Å². The van der Waals surface area contributed by atoms with Crippen molar-refractivity contribution >= 4 is 46.7 Å². The van der Waals surface area contributed by atoms with Crippen molar-refractivity contribution in [3.05, 3.63) is 123 Å². The van der Waals surface area contributed by atoms with Crippen LogP contribution < -0.4 is 16.0 Å². The molecule has 7 aliphatic carbocycles. The Morgan fingerprint density at radius 3 is 1.69 bits per heavy atom. The van der Waals surface area contributed by atoms with E-state index in [9.17, 15) is 29.4 Å². The first-order chi connectivity index (χ1) is 26.6. The topological polar surface area (TPSA) is 162 Å². The molecule has 0 saturated heterocycles. The van der Waals surface area contributed by atoms with Crippen LogP contribution in [0.3, 0.4) is 0 Å². The summed E-state index contributed by atoms with van der Waals surface area (Å²) >= 11 is 1.45. The van der Waals surface area contributed by atoms with Crippen molar-refractivity contribution in [1.82, 2.24) is 10.6 Å². The molecular weight excluding hydrogens is 715 g/mol. The highest BCUT2D eigenvalue weighted by molar-refractivity contribution is 7.07. The largest absolute Gasteiger partial charge is 0.478 e. The lowest BCUT2D eigenvalue weighted by Crippen LogP contribution is -2.57. The fourth-order valence-electron chi connectivity index (χ4n) is 11.5. The monoisotopic (exact) mass is 757 g/mol. The van der Waals surface area contributed by atoms with Crippen LogP contribution in [-0.2, 0) is 20.8 Å². The van der Waals surface area contributed by atoms with Crippen LogP contribution in [0.15, 0.2) is 83.6 Å². The van der Waals surface area contributed by atoms with E-state index in [1.165, 1.54) is 42.7 Å². The highest BCUT2D eigenvalue weighted by atomic mass is 32.1. The molecular formula is C44H43N3O7S. The first kappa shape index (κ1) is 35.4. The van der Waals surface area contributed by atoms with Gasteiger partial charge < -0.3 is 26.2 Å². The number of anilines is 1. The number of carbonyl (C=O) groups excluding carboxylic acids is 3. The number of nitrogens with one attached hydrogen (secondary N) is 3. The molecule has 11 heteroatoms. The molecule has 6 bridgehead atoms. The minimum Gasteiger partial charge on any atom is -0.478 e. The number of amides is 3. The SMILES string of the molecule is O=C(O)c1cc(NC(=O)[C@@H](Cc2ccsc2)NC(=O)C2C3c4ccccc4C(c4ccccc43)C2C(=O)NCC23CC4CC(CC(C4)C2)C3)cc(C(=O)O)c1. The fourth-order valence-corrected chi connectivity index (χ4v) is 12.2. The van der Waals surface area contributed by atoms with E-state index in [0.29, 0.717) is 6.54 Å². The van der Waals surface area contributed by atoms with Gasteiger partial charge in [-0.3, -0.25) is 14.4 Å². The predicted molar refractivity (Wildman–Crippen MR) is 206 cm³/mol. The van der Waals surface area contributed by atoms with Crippen molar-refractivity contribution in [3.8, 4) is 0 Å². The predicted octanol–water partition coefficient (Wildman–Crippen LogP) is 6.67. The second kappa shape index (κ2) is 13.8. The van der Waals surface area contributed by atoms with Gasteiger partial charge in [-0.05, 0) is 125 Å². The van der Waals surface area contributed by atoms with E-state index in [1.807, 2.05) is 53.2 Å². The van der Waals surface area contributed by atoms with Gasteiger partial charge in [0.15, 0.2) is 0 Å². The van der Waals surface area contributed by atoms with E-state index in [-0.39, 0.29) is 40.5 Å². The van der Waals surface area contributed by atoms with Crippen LogP contribution in [0.2, 0.25) is 0 Å². The lowest BCUT2D eigenvalue weighted by molar-refractivity contribution is -0.139. The molecule has 7 aliphatic rings. The lowest BCUT2D eigenvalue weighted by atomic mass is 9.49. The molecule has 55 heavy (non-hydrogen) atoms. The molecule has 10 nitrogen and oxygen atoms in total. The maximum absolute atomic E-state index is 15.0. The summed E-state index contributed by atoms with van der Waals surface area (Å²) < 4.78 is 0. The van der Waals surface area contributed by atoms with E-state index in [0.717, 1.165) is 70.9 Å². The van der Waals surface area contributed by atoms with Crippen molar-refractivity contribution in [1.29, 1.82) is 0 Å². The minimum absolute atomic E-state index is 0.0200. The summed E-state index contributed by atoms with van der Waals surface area (Å²) in [6.07, 6.45) is 7.49. The van der Waals surface area contributed by atoms with Crippen LogP contribution in [0.25, 0.3) is 0 Å². The van der Waals surface area contributed by atoms with Crippen molar-refractivity contribution in [2.24, 2.45) is 35.0 Å². The lowest BCUT2D eigenvalue weighted by Gasteiger charge is -2.57. The number of aromatic carboxylic acids is 2. The highest BCUT2D eigenvalue weighted by Gasteiger charge is 2.56. The summed E-state index contributed by atoms with van der Waals surface area (Å²) in [5.74, 6) is -4.01. The van der Waals surface area contributed by atoms with Gasteiger partial charge in [-0.25, -0.2) is 9.59 Å². The number of thiophene rings is 1. The van der Waals surface area contributed by atoms with Crippen LogP contribution in [0.5, 0.6) is 0 Å². The molecule has 3 amide bonds. The smallest absolute Gasteiger partial charge is 0.335 e. The molecule has 0 radical (unpaired) electrons. The normalized spacial score (nSPS) is 28.4. The molecule has 4 fully saturated rings. The number of benzene rings is 3. The first-order valence-electron chi connectivity index (χ1n) is 19.2. The van der Waals surface area contributed by atoms with Crippen molar-refractivity contribution in [3.63, 3.8) is 0 Å². The van der Waals surface area contributed by atoms with Gasteiger partial charge in [0.2, 0.25) is 17.7 Å². The third-order valence-corrected chi connectivity index (χ3v) is 13.9. The molecule has 4 aromatic rings. The molecule has 0 aliphatic heterocycles. The minimum atomic E-state index is -1.35. The number of carbonyl (C=O) groups is 5. The zero-order valence-electron chi connectivity index (χ0n) is 30.2. The summed E-state index contributed by atoms with van der Waals surface area (Å²) in [5.41, 5.74) is 4.39. The van der Waals surface area contributed by atoms with E-state index in [4.69, 9.17) is 0 Å². The highest BCUT2D eigenvalue weighted by Crippen LogP contribution is 2.61. The zero-order chi connectivity index (χ0) is 38.0. The Hall–Kier alpha value is -5.29. The second-order valence-corrected chi connectivity index (χ2v) is 17.5. The summed E-state index contributed by atoms with van der Waals surface area (Å²) in [6, 6.07) is 20.2. The summed E-state index contributed by atoms with van der Waals surface area (Å²) in [5, 5.41) is 32.2. The average molecular weight is 758 g/mol. The standard InChI is InChI=1S/C44H43N3O7S/c48-39(46-29-16-27(42(51)52)15-28(17-29)43(53)54)34(14-23-9-10-55-21-23)47-41(50)38-36-32-7-3-1-5-30(32)35(31-6-2-4-8-33(31)36)37(38)40(49)45-22-44-18-24-11-25(19-44)13-26(12-24)20-44/h1-10,15-17,21,24-26,34-38H,11-14,18-20,22H2,(H,45,49)(H,46,48)(H,47,50)(H,51,52)(H,53,54)/t24?,25?,26?,34-,35?,36?,37?,38?,44?/m1/s1. The molecule has 1 aromatic heterocycles. The molecule has 282 valence electrons. The van der Waals surface area contributed by atoms with Crippen molar-refractivity contribution < 1.29 is 34.2 Å². The third-order valence-electron chi connectivity index (χ3n) is 13.2. The van der Waals surface area contributed by atoms with Gasteiger partial charge >= 0.3 is 11.9 Å². The Kier molecular flexibility index (Phi) is 8.87. The average Bonchev–Trinajstić information content (AvgIpc) is 3.69. The van der Waals surface area contributed by atoms with Crippen LogP contribution in [0.1, 0.15) is 98.9 Å². The second-order valence-electron chi connectivity index (χ2n) is 16.7. The van der Waals surface area contributed by atoms with Gasteiger partial charge in [-0.2, -0.15) is 11.3 Å². The third kappa shape index (κ3) is 6.42. The van der Waals surface area contributed by atoms with E-state index in [1.54, 1.807) is 0 Å². The van der Waals surface area contributed by atoms with E-state index >= 15 is 4.79 Å². The Labute approximate surface area is 322 Å². The molecule has 0 spiro atoms. The van der Waals surface area contributed by atoms with E-state index < -0.39 is 47.5 Å². The summed E-state index contributed by atoms with van der Waals surface area (Å²) in [6.45, 7) is 0.609. The molecule has 1 heterocycles. The molecule has 5 N–H and O–H groups in total. The van der Waals surface area contributed by atoms with Crippen LogP contribution in [0.4, 0.5) is 5.69 Å². The Balaban J connectivity index is 1.05. The van der Waals surface area contributed by atoms with Gasteiger partial charge in [-0.15, -0.1) is 0 Å². The van der Waals surface area contributed by atoms with Crippen LogP contribution in [0, 0.1) is 35.0 Å². The first-order valence-corrected chi connectivity index (χ1v) is 20.2. The Morgan fingerprint density at radius 1 is 0.709 bits per heavy atom. The summed E-state index contributed by atoms with van der Waals surface area (Å²) in [4.78, 5) is 67.6. The maximum Gasteiger partial charge on any atom is 0.335 e. The molecule has 3 aromatic carbocycles. The number of rotatable bonds is 11. The number of hydrogen-bond acceptors (Lipinski definition) is 6. The summed E-state index contributed by atoms with van der Waals surface area (Å²) in [7, 11) is 0. The number of hydrogen-bond donors (Lipinski definition) is 5. The molecule has 11 rings (SSSR count). The number of fused-ring (bicyclic) bond motifs is 1. The van der Waals surface area contributed by atoms with Crippen molar-refractivity contribution in [2.45, 2.75) is 62.8 Å². The maximum atomic E-state index is 15.0. The van der Waals surface area contributed by atoms with Gasteiger partial charge in [0.1, 0.15) is 6.04 Å². The molecule has 4 saturated carbocycles. The fraction of sp³-hybridized carbons (Fsp3) is 0.386.